The molecule has 0 aliphatic carbocycles. The minimum Gasteiger partial charge on any atom is -0.485 e. The van der Waals surface area contributed by atoms with Crippen LogP contribution in [0.5, 0.6) is 11.5 Å². The van der Waals surface area contributed by atoms with E-state index in [-0.39, 0.29) is 26.2 Å². The molecule has 10 heteroatoms. The first-order valence-electron chi connectivity index (χ1n) is 14.5. The fourth-order valence-electron chi connectivity index (χ4n) is 4.33. The quantitative estimate of drug-likeness (QED) is 0.143. The molecule has 0 aromatic heterocycles. The van der Waals surface area contributed by atoms with Gasteiger partial charge in [0.15, 0.2) is 11.5 Å². The Morgan fingerprint density at radius 1 is 0.667 bits per heavy atom. The maximum Gasteiger partial charge on any atom is 0.407 e. The van der Waals surface area contributed by atoms with Crippen LogP contribution in [-0.2, 0) is 40.6 Å². The molecule has 0 fully saturated rings. The van der Waals surface area contributed by atoms with Gasteiger partial charge in [-0.15, -0.1) is 0 Å². The number of aliphatic carboxylic acids is 1. The molecule has 4 rings (SSSR count). The highest BCUT2D eigenvalue weighted by Crippen LogP contribution is 2.30. The van der Waals surface area contributed by atoms with Gasteiger partial charge in [0.1, 0.15) is 25.9 Å². The van der Waals surface area contributed by atoms with E-state index in [2.05, 4.69) is 10.6 Å². The molecule has 0 radical (unpaired) electrons. The van der Waals surface area contributed by atoms with E-state index in [4.69, 9.17) is 14.2 Å². The summed E-state index contributed by atoms with van der Waals surface area (Å²) in [5, 5.41) is 24.9. The van der Waals surface area contributed by atoms with Gasteiger partial charge >= 0.3 is 12.1 Å². The number of carboxylic acid groups (broad SMARTS) is 1. The van der Waals surface area contributed by atoms with E-state index in [1.807, 2.05) is 78.9 Å². The molecule has 0 aliphatic rings. The predicted octanol–water partition coefficient (Wildman–Crippen LogP) is 4.63. The monoisotopic (exact) mass is 612 g/mol. The molecular formula is C35H36N2O8. The van der Waals surface area contributed by atoms with Gasteiger partial charge in [-0.3, -0.25) is 4.79 Å². The molecule has 4 aromatic rings. The number of carbonyl (C=O) groups excluding carboxylic acids is 2. The first-order valence-corrected chi connectivity index (χ1v) is 14.5. The molecule has 4 aromatic carbocycles. The Morgan fingerprint density at radius 3 is 1.76 bits per heavy atom. The van der Waals surface area contributed by atoms with Crippen LogP contribution in [0.3, 0.4) is 0 Å². The van der Waals surface area contributed by atoms with E-state index in [9.17, 15) is 24.6 Å². The number of hydrogen-bond acceptors (Lipinski definition) is 7. The number of nitrogens with one attached hydrogen (secondary N) is 2. The Hall–Kier alpha value is -5.35. The van der Waals surface area contributed by atoms with Crippen LogP contribution in [-0.4, -0.2) is 46.9 Å². The number of aliphatic hydroxyl groups excluding tert-OH is 1. The van der Waals surface area contributed by atoms with Crippen LogP contribution >= 0.6 is 0 Å². The van der Waals surface area contributed by atoms with Crippen LogP contribution in [0.4, 0.5) is 4.79 Å². The van der Waals surface area contributed by atoms with Crippen molar-refractivity contribution in [2.75, 3.05) is 6.54 Å². The molecular weight excluding hydrogens is 576 g/mol. The van der Waals surface area contributed by atoms with E-state index < -0.39 is 36.5 Å². The van der Waals surface area contributed by atoms with Crippen LogP contribution in [0.1, 0.15) is 28.7 Å². The third-order valence-corrected chi connectivity index (χ3v) is 6.67. The summed E-state index contributed by atoms with van der Waals surface area (Å²) in [7, 11) is 0. The van der Waals surface area contributed by atoms with Crippen molar-refractivity contribution in [2.45, 2.75) is 44.8 Å². The number of rotatable bonds is 16. The number of hydrogen-bond donors (Lipinski definition) is 4. The lowest BCUT2D eigenvalue weighted by molar-refractivity contribution is -0.142. The van der Waals surface area contributed by atoms with Gasteiger partial charge in [0.25, 0.3) is 0 Å². The topological polar surface area (TPSA) is 143 Å². The standard InChI is InChI=1S/C35H36N2O8/c38-29(21-36-35(42)45-24-27-14-8-3-9-15-27)20-33(39)37-30(34(40)41)18-28-16-17-31(43-22-25-10-4-1-5-11-25)32(19-28)44-23-26-12-6-2-7-13-26/h1-17,19,29-30,38H,18,20-24H2,(H,36,42)(H,37,39)(H,40,41)/t29-,30-/m0/s1. The summed E-state index contributed by atoms with van der Waals surface area (Å²) in [6, 6.07) is 32.2. The third kappa shape index (κ3) is 11.3. The number of aliphatic hydroxyl groups is 1. The summed E-state index contributed by atoms with van der Waals surface area (Å²) in [5.74, 6) is -0.995. The largest absolute Gasteiger partial charge is 0.485 e. The van der Waals surface area contributed by atoms with Gasteiger partial charge in [-0.05, 0) is 34.4 Å². The summed E-state index contributed by atoms with van der Waals surface area (Å²) < 4.78 is 17.2. The number of alkyl carbamates (subject to hydrolysis) is 1. The number of carboxylic acids is 1. The zero-order valence-electron chi connectivity index (χ0n) is 24.6. The predicted molar refractivity (Wildman–Crippen MR) is 167 cm³/mol. The average molecular weight is 613 g/mol. The van der Waals surface area contributed by atoms with Crippen LogP contribution in [0, 0.1) is 0 Å². The number of ether oxygens (including phenoxy) is 3. The maximum absolute atomic E-state index is 12.6. The Morgan fingerprint density at radius 2 is 1.20 bits per heavy atom. The summed E-state index contributed by atoms with van der Waals surface area (Å²) in [4.78, 5) is 36.6. The summed E-state index contributed by atoms with van der Waals surface area (Å²) in [5.41, 5.74) is 3.33. The highest BCUT2D eigenvalue weighted by Gasteiger charge is 2.23. The number of amides is 2. The molecule has 0 spiro atoms. The van der Waals surface area contributed by atoms with Crippen molar-refractivity contribution in [3.63, 3.8) is 0 Å². The van der Waals surface area contributed by atoms with E-state index in [1.165, 1.54) is 0 Å². The molecule has 0 aliphatic heterocycles. The molecule has 0 saturated heterocycles. The van der Waals surface area contributed by atoms with E-state index in [0.29, 0.717) is 23.7 Å². The number of benzene rings is 4. The second-order valence-electron chi connectivity index (χ2n) is 10.3. The van der Waals surface area contributed by atoms with Crippen LogP contribution in [0.25, 0.3) is 0 Å². The van der Waals surface area contributed by atoms with Gasteiger partial charge in [-0.2, -0.15) is 0 Å². The Balaban J connectivity index is 1.32. The fourth-order valence-corrected chi connectivity index (χ4v) is 4.33. The molecule has 4 N–H and O–H groups in total. The smallest absolute Gasteiger partial charge is 0.407 e. The molecule has 45 heavy (non-hydrogen) atoms. The van der Waals surface area contributed by atoms with Crippen LogP contribution in [0.15, 0.2) is 109 Å². The average Bonchev–Trinajstić information content (AvgIpc) is 3.06. The lowest BCUT2D eigenvalue weighted by Crippen LogP contribution is -2.44. The maximum atomic E-state index is 12.6. The van der Waals surface area contributed by atoms with Crippen molar-refractivity contribution in [3.8, 4) is 11.5 Å². The Labute approximate surface area is 261 Å². The van der Waals surface area contributed by atoms with Gasteiger partial charge in [-0.1, -0.05) is 97.1 Å². The molecule has 10 nitrogen and oxygen atoms in total. The van der Waals surface area contributed by atoms with Crippen LogP contribution in [0.2, 0.25) is 0 Å². The van der Waals surface area contributed by atoms with Crippen molar-refractivity contribution in [1.82, 2.24) is 10.6 Å². The Bertz CT molecular complexity index is 1520. The first kappa shape index (κ1) is 32.6. The Kier molecular flexibility index (Phi) is 12.4. The van der Waals surface area contributed by atoms with Crippen molar-refractivity contribution < 1.29 is 38.8 Å². The normalized spacial score (nSPS) is 11.9. The minimum absolute atomic E-state index is 0.0398. The zero-order valence-corrected chi connectivity index (χ0v) is 24.6. The van der Waals surface area contributed by atoms with Crippen LogP contribution < -0.4 is 20.1 Å². The third-order valence-electron chi connectivity index (χ3n) is 6.67. The summed E-state index contributed by atoms with van der Waals surface area (Å²) >= 11 is 0. The molecule has 2 amide bonds. The lowest BCUT2D eigenvalue weighted by atomic mass is 10.0. The zero-order chi connectivity index (χ0) is 31.9. The van der Waals surface area contributed by atoms with E-state index >= 15 is 0 Å². The van der Waals surface area contributed by atoms with Gasteiger partial charge in [0.05, 0.1) is 12.5 Å². The van der Waals surface area contributed by atoms with Crippen molar-refractivity contribution in [3.05, 3.63) is 131 Å². The fraction of sp³-hybridized carbons (Fsp3) is 0.229. The van der Waals surface area contributed by atoms with Crippen molar-refractivity contribution in [1.29, 1.82) is 0 Å². The van der Waals surface area contributed by atoms with Gasteiger partial charge in [0, 0.05) is 13.0 Å². The molecule has 0 saturated carbocycles. The molecule has 0 heterocycles. The summed E-state index contributed by atoms with van der Waals surface area (Å²) in [6.07, 6.45) is -2.45. The van der Waals surface area contributed by atoms with Crippen molar-refractivity contribution in [2.24, 2.45) is 0 Å². The minimum atomic E-state index is -1.27. The van der Waals surface area contributed by atoms with Gasteiger partial charge < -0.3 is 35.1 Å². The van der Waals surface area contributed by atoms with Gasteiger partial charge in [0.2, 0.25) is 5.91 Å². The lowest BCUT2D eigenvalue weighted by Gasteiger charge is -2.18. The number of carbonyl (C=O) groups is 3. The molecule has 0 unspecified atom stereocenters. The second-order valence-corrected chi connectivity index (χ2v) is 10.3. The SMILES string of the molecule is O=C(C[C@H](O)CNC(=O)OCc1ccccc1)N[C@@H](Cc1ccc(OCc2ccccc2)c(OCc2ccccc2)c1)C(=O)O. The van der Waals surface area contributed by atoms with E-state index in [1.54, 1.807) is 30.3 Å². The molecule has 0 bridgehead atoms. The summed E-state index contributed by atoms with van der Waals surface area (Å²) in [6.45, 7) is 0.405. The molecule has 2 atom stereocenters. The molecule has 234 valence electrons. The second kappa shape index (κ2) is 17.1. The first-order chi connectivity index (χ1) is 21.9. The van der Waals surface area contributed by atoms with E-state index in [0.717, 1.165) is 16.7 Å². The highest BCUT2D eigenvalue weighted by atomic mass is 16.5. The van der Waals surface area contributed by atoms with Gasteiger partial charge in [-0.25, -0.2) is 9.59 Å². The highest BCUT2D eigenvalue weighted by molar-refractivity contribution is 5.84. The van der Waals surface area contributed by atoms with Crippen molar-refractivity contribution >= 4 is 18.0 Å².